The lowest BCUT2D eigenvalue weighted by Gasteiger charge is -2.37. The fourth-order valence-electron chi connectivity index (χ4n) is 3.52. The van der Waals surface area contributed by atoms with E-state index in [0.29, 0.717) is 6.61 Å². The van der Waals surface area contributed by atoms with Crippen LogP contribution in [0.15, 0.2) is 0 Å². The quantitative estimate of drug-likeness (QED) is 0.700. The van der Waals surface area contributed by atoms with Crippen LogP contribution in [0, 0.1) is 16.7 Å². The second kappa shape index (κ2) is 3.20. The summed E-state index contributed by atoms with van der Waals surface area (Å²) < 4.78 is 27.1. The van der Waals surface area contributed by atoms with Crippen molar-refractivity contribution in [1.29, 1.82) is 0 Å². The second-order valence-corrected chi connectivity index (χ2v) is 7.39. The molecule has 2 fully saturated rings. The molecule has 0 aromatic rings. The summed E-state index contributed by atoms with van der Waals surface area (Å²) in [5.74, 6) is 0.765. The van der Waals surface area contributed by atoms with Gasteiger partial charge in [0, 0.05) is 5.41 Å². The molecule has 0 spiro atoms. The molecule has 0 unspecified atom stereocenters. The van der Waals surface area contributed by atoms with E-state index in [0.717, 1.165) is 25.0 Å². The third kappa shape index (κ3) is 1.72. The van der Waals surface area contributed by atoms with Gasteiger partial charge in [0.05, 0.1) is 12.9 Å². The van der Waals surface area contributed by atoms with Crippen molar-refractivity contribution < 1.29 is 12.6 Å². The van der Waals surface area contributed by atoms with Crippen LogP contribution in [-0.2, 0) is 14.3 Å². The van der Waals surface area contributed by atoms with Crippen molar-refractivity contribution in [3.05, 3.63) is 0 Å². The van der Waals surface area contributed by atoms with Crippen LogP contribution in [0.4, 0.5) is 0 Å². The van der Waals surface area contributed by atoms with E-state index in [1.807, 2.05) is 0 Å². The molecular formula is C11H20O3S. The lowest BCUT2D eigenvalue weighted by molar-refractivity contribution is 0.0630. The van der Waals surface area contributed by atoms with E-state index < -0.39 is 10.1 Å². The third-order valence-corrected chi connectivity index (χ3v) is 5.43. The molecule has 2 aliphatic carbocycles. The van der Waals surface area contributed by atoms with Gasteiger partial charge in [0.15, 0.2) is 0 Å². The van der Waals surface area contributed by atoms with Gasteiger partial charge < -0.3 is 0 Å². The standard InChI is InChI=1S/C11H20O3S/c1-10(2)9-4-6-11(10,7-5-9)8-14-15(3,12)13/h9H,4-8H2,1-3H3. The van der Waals surface area contributed by atoms with Gasteiger partial charge in [-0.2, -0.15) is 8.42 Å². The van der Waals surface area contributed by atoms with Crippen molar-refractivity contribution in [3.63, 3.8) is 0 Å². The number of fused-ring (bicyclic) bond motifs is 2. The largest absolute Gasteiger partial charge is 0.270 e. The predicted molar refractivity (Wildman–Crippen MR) is 59.0 cm³/mol. The molecule has 0 aliphatic heterocycles. The van der Waals surface area contributed by atoms with E-state index >= 15 is 0 Å². The zero-order chi connectivity index (χ0) is 11.3. The van der Waals surface area contributed by atoms with Crippen LogP contribution in [0.5, 0.6) is 0 Å². The molecule has 4 heteroatoms. The van der Waals surface area contributed by atoms with Crippen molar-refractivity contribution in [2.45, 2.75) is 39.5 Å². The Balaban J connectivity index is 2.14. The van der Waals surface area contributed by atoms with Crippen LogP contribution < -0.4 is 0 Å². The van der Waals surface area contributed by atoms with Crippen LogP contribution in [-0.4, -0.2) is 21.3 Å². The first-order chi connectivity index (χ1) is 6.77. The summed E-state index contributed by atoms with van der Waals surface area (Å²) in [6, 6.07) is 0. The van der Waals surface area contributed by atoms with E-state index in [2.05, 4.69) is 13.8 Å². The Morgan fingerprint density at radius 1 is 1.27 bits per heavy atom. The minimum Gasteiger partial charge on any atom is -0.270 e. The van der Waals surface area contributed by atoms with Crippen LogP contribution in [0.25, 0.3) is 0 Å². The zero-order valence-electron chi connectivity index (χ0n) is 9.75. The highest BCUT2D eigenvalue weighted by Crippen LogP contribution is 2.65. The summed E-state index contributed by atoms with van der Waals surface area (Å²) in [6.45, 7) is 4.92. The first-order valence-electron chi connectivity index (χ1n) is 5.61. The highest BCUT2D eigenvalue weighted by Gasteiger charge is 2.59. The first kappa shape index (κ1) is 11.4. The Kier molecular flexibility index (Phi) is 2.43. The van der Waals surface area contributed by atoms with Gasteiger partial charge in [-0.15, -0.1) is 0 Å². The Bertz CT molecular complexity index is 348. The molecule has 3 nitrogen and oxygen atoms in total. The average Bonchev–Trinajstić information content (AvgIpc) is 2.50. The molecule has 0 heterocycles. The molecule has 0 aromatic carbocycles. The predicted octanol–water partition coefficient (Wildman–Crippen LogP) is 2.18. The summed E-state index contributed by atoms with van der Waals surface area (Å²) in [4.78, 5) is 0. The van der Waals surface area contributed by atoms with Crippen molar-refractivity contribution in [1.82, 2.24) is 0 Å². The van der Waals surface area contributed by atoms with Crippen molar-refractivity contribution in [2.75, 3.05) is 12.9 Å². The third-order valence-electron chi connectivity index (χ3n) is 4.88. The van der Waals surface area contributed by atoms with E-state index in [9.17, 15) is 8.42 Å². The summed E-state index contributed by atoms with van der Waals surface area (Å²) in [6.07, 6.45) is 5.86. The molecule has 0 N–H and O–H groups in total. The minimum atomic E-state index is -3.29. The maximum absolute atomic E-state index is 11.0. The fourth-order valence-corrected chi connectivity index (χ4v) is 3.96. The van der Waals surface area contributed by atoms with Gasteiger partial charge in [0.25, 0.3) is 10.1 Å². The second-order valence-electron chi connectivity index (χ2n) is 5.74. The highest BCUT2D eigenvalue weighted by molar-refractivity contribution is 7.85. The van der Waals surface area contributed by atoms with Crippen molar-refractivity contribution in [2.24, 2.45) is 16.7 Å². The van der Waals surface area contributed by atoms with Crippen LogP contribution in [0.1, 0.15) is 39.5 Å². The van der Waals surface area contributed by atoms with Crippen molar-refractivity contribution in [3.8, 4) is 0 Å². The van der Waals surface area contributed by atoms with Crippen molar-refractivity contribution >= 4 is 10.1 Å². The highest BCUT2D eigenvalue weighted by atomic mass is 32.2. The topological polar surface area (TPSA) is 43.4 Å². The number of rotatable bonds is 3. The Labute approximate surface area is 92.3 Å². The van der Waals surface area contributed by atoms with E-state index in [1.165, 1.54) is 12.8 Å². The Morgan fingerprint density at radius 2 is 1.80 bits per heavy atom. The van der Waals surface area contributed by atoms with E-state index in [1.54, 1.807) is 0 Å². The Hall–Kier alpha value is -0.0900. The molecule has 0 atom stereocenters. The maximum Gasteiger partial charge on any atom is 0.264 e. The molecule has 0 amide bonds. The SMILES string of the molecule is CC1(C)C2CCC1(COS(C)(=O)=O)CC2. The molecule has 0 radical (unpaired) electrons. The van der Waals surface area contributed by atoms with Gasteiger partial charge in [0.1, 0.15) is 0 Å². The lowest BCUT2D eigenvalue weighted by Crippen LogP contribution is -2.35. The van der Waals surface area contributed by atoms with Gasteiger partial charge in [0.2, 0.25) is 0 Å². The molecule has 2 aliphatic rings. The minimum absolute atomic E-state index is 0.112. The maximum atomic E-state index is 11.0. The normalized spacial score (nSPS) is 38.5. The molecule has 0 saturated heterocycles. The lowest BCUT2D eigenvalue weighted by atomic mass is 9.70. The van der Waals surface area contributed by atoms with Gasteiger partial charge in [-0.3, -0.25) is 4.18 Å². The van der Waals surface area contributed by atoms with Gasteiger partial charge in [-0.05, 0) is 37.0 Å². The Morgan fingerprint density at radius 3 is 2.13 bits per heavy atom. The molecule has 2 saturated carbocycles. The average molecular weight is 232 g/mol. The smallest absolute Gasteiger partial charge is 0.264 e. The van der Waals surface area contributed by atoms with E-state index in [-0.39, 0.29) is 10.8 Å². The summed E-state index contributed by atoms with van der Waals surface area (Å²) in [5.41, 5.74) is 0.360. The van der Waals surface area contributed by atoms with E-state index in [4.69, 9.17) is 4.18 Å². The number of hydrogen-bond acceptors (Lipinski definition) is 3. The first-order valence-corrected chi connectivity index (χ1v) is 7.43. The fraction of sp³-hybridized carbons (Fsp3) is 1.00. The summed E-state index contributed by atoms with van der Waals surface area (Å²) in [5, 5.41) is 0. The van der Waals surface area contributed by atoms with Crippen LogP contribution >= 0.6 is 0 Å². The van der Waals surface area contributed by atoms with Gasteiger partial charge in [-0.25, -0.2) is 0 Å². The summed E-state index contributed by atoms with van der Waals surface area (Å²) in [7, 11) is -3.29. The van der Waals surface area contributed by atoms with Crippen LogP contribution in [0.3, 0.4) is 0 Å². The van der Waals surface area contributed by atoms with Gasteiger partial charge in [-0.1, -0.05) is 13.8 Å². The van der Waals surface area contributed by atoms with Crippen LogP contribution in [0.2, 0.25) is 0 Å². The molecule has 2 rings (SSSR count). The monoisotopic (exact) mass is 232 g/mol. The molecular weight excluding hydrogens is 212 g/mol. The molecule has 88 valence electrons. The molecule has 15 heavy (non-hydrogen) atoms. The van der Waals surface area contributed by atoms with Gasteiger partial charge >= 0.3 is 0 Å². The summed E-state index contributed by atoms with van der Waals surface area (Å²) >= 11 is 0. The number of hydrogen-bond donors (Lipinski definition) is 0. The molecule has 2 bridgehead atoms. The zero-order valence-corrected chi connectivity index (χ0v) is 10.6. The molecule has 0 aromatic heterocycles.